The van der Waals surface area contributed by atoms with Crippen LogP contribution in [0.1, 0.15) is 46.9 Å². The summed E-state index contributed by atoms with van der Waals surface area (Å²) in [5.74, 6) is 0.124. The molecule has 0 aliphatic carbocycles. The van der Waals surface area contributed by atoms with E-state index in [1.54, 1.807) is 50.3 Å². The molecule has 23 heteroatoms. The minimum Gasteiger partial charge on any atom is -0.488 e. The van der Waals surface area contributed by atoms with Gasteiger partial charge < -0.3 is 39.9 Å². The average molecular weight is 913 g/mol. The van der Waals surface area contributed by atoms with Gasteiger partial charge in [0, 0.05) is 26.0 Å². The number of nitrogens with two attached hydrogens (primary N) is 2. The predicted octanol–water partition coefficient (Wildman–Crippen LogP) is 7.49. The van der Waals surface area contributed by atoms with Gasteiger partial charge in [0.05, 0.1) is 49.4 Å². The van der Waals surface area contributed by atoms with Gasteiger partial charge in [-0.25, -0.2) is 9.59 Å². The fraction of sp³-hybridized carbons (Fsp3) is 0.317. The van der Waals surface area contributed by atoms with Gasteiger partial charge in [-0.05, 0) is 51.0 Å². The summed E-state index contributed by atoms with van der Waals surface area (Å²) in [7, 11) is 0. The minimum atomic E-state index is -0.835. The first-order valence-electron chi connectivity index (χ1n) is 19.0. The number of nitro groups is 2. The first kappa shape index (κ1) is 52.4. The van der Waals surface area contributed by atoms with Crippen molar-refractivity contribution in [1.82, 2.24) is 19.9 Å². The number of ether oxygens (including phenoxy) is 6. The Morgan fingerprint density at radius 3 is 2.34 bits per heavy atom. The largest absolute Gasteiger partial charge is 0.488 e. The van der Waals surface area contributed by atoms with Gasteiger partial charge in [-0.1, -0.05) is 38.3 Å². The molecule has 0 spiro atoms. The van der Waals surface area contributed by atoms with Gasteiger partial charge in [0.2, 0.25) is 23.4 Å². The molecule has 5 heterocycles. The lowest BCUT2D eigenvalue weighted by Gasteiger charge is -2.23. The normalized spacial score (nSPS) is 12.1. The lowest BCUT2D eigenvalue weighted by Crippen LogP contribution is -2.32. The number of nitrogens with zero attached hydrogens (tertiary/aromatic N) is 8. The Balaban J connectivity index is 0.000000622. The number of anilines is 4. The molecule has 1 aliphatic rings. The molecule has 4 N–H and O–H groups in total. The number of carbonyl (C=O) groups excluding carboxylic acids is 2. The number of hydrogen-bond donors (Lipinski definition) is 2. The van der Waals surface area contributed by atoms with Gasteiger partial charge in [0.25, 0.3) is 0 Å². The summed E-state index contributed by atoms with van der Waals surface area (Å²) in [5.41, 5.74) is 11.1. The quantitative estimate of drug-likeness (QED) is 0.0536. The van der Waals surface area contributed by atoms with Crippen molar-refractivity contribution in [1.29, 1.82) is 0 Å². The van der Waals surface area contributed by atoms with Crippen LogP contribution in [0.15, 0.2) is 86.3 Å². The zero-order chi connectivity index (χ0) is 45.0. The lowest BCUT2D eigenvalue weighted by atomic mass is 10.2. The summed E-state index contributed by atoms with van der Waals surface area (Å²) in [6.07, 6.45) is 9.40. The van der Waals surface area contributed by atoms with Crippen LogP contribution >= 0.6 is 13.5 Å². The zero-order valence-electron chi connectivity index (χ0n) is 34.5. The number of hydrogen-bond acceptors (Lipinski definition) is 18. The highest BCUT2D eigenvalue weighted by Gasteiger charge is 2.33. The molecule has 0 unspecified atom stereocenters. The fourth-order valence-electron chi connectivity index (χ4n) is 5.47. The van der Waals surface area contributed by atoms with E-state index >= 15 is 0 Å². The van der Waals surface area contributed by atoms with Gasteiger partial charge in [0.15, 0.2) is 0 Å². The molecule has 346 valence electrons. The van der Waals surface area contributed by atoms with Crippen molar-refractivity contribution in [2.75, 3.05) is 60.9 Å². The number of amides is 2. The first-order chi connectivity index (χ1) is 29.9. The molecule has 0 atom stereocenters. The van der Waals surface area contributed by atoms with E-state index in [-0.39, 0.29) is 104 Å². The molecule has 2 bridgehead atoms. The molecule has 1 aliphatic heterocycles. The second kappa shape index (κ2) is 26.6. The standard InChI is InChI=1S/C21H25N5O6.C19H21N5O6.CH4.H2S.H2/c1-4-7-12-32-18-13-16(19(26(28)29)20(22)24-18)25(21(27)30-6-3)14-15-17(31-11-5-2)9-8-10-23-15;1-2-28-19(25)23-12-13-15(7-6-8-21-13)29-9-4-3-5-10-30-16-11-14(23)17(24(26)27)18(20)22-16;;;/h4-5,8-10,13H,1-2,6-7,11-12,14H2,3H3,(H2,22,24);3-4,6-8,11H,2,5,9-10,12H2,1H3,(H2,20,22);1H4;1H2;1H/b;4-3+;;;/i;;;;1+2. The Labute approximate surface area is 377 Å². The van der Waals surface area contributed by atoms with Crippen LogP contribution < -0.4 is 40.2 Å². The average Bonchev–Trinajstić information content (AvgIpc) is 3.23. The van der Waals surface area contributed by atoms with Crippen LogP contribution in [-0.2, 0) is 22.6 Å². The van der Waals surface area contributed by atoms with Crippen molar-refractivity contribution < 1.29 is 49.3 Å². The molecule has 64 heavy (non-hydrogen) atoms. The highest BCUT2D eigenvalue weighted by Crippen LogP contribution is 2.39. The Morgan fingerprint density at radius 1 is 0.953 bits per heavy atom. The molecule has 0 fully saturated rings. The molecule has 4 aromatic heterocycles. The van der Waals surface area contributed by atoms with Gasteiger partial charge in [-0.15, -0.1) is 6.58 Å². The van der Waals surface area contributed by atoms with Crippen LogP contribution in [-0.4, -0.2) is 81.6 Å². The van der Waals surface area contributed by atoms with Crippen LogP contribution in [0.4, 0.5) is 44.0 Å². The van der Waals surface area contributed by atoms with Crippen LogP contribution in [0.5, 0.6) is 23.3 Å². The van der Waals surface area contributed by atoms with Crippen molar-refractivity contribution in [3.8, 4) is 23.3 Å². The maximum atomic E-state index is 12.8. The minimum absolute atomic E-state index is 0. The van der Waals surface area contributed by atoms with Gasteiger partial charge in [0.1, 0.15) is 47.5 Å². The number of aromatic nitrogens is 4. The molecule has 22 nitrogen and oxygen atoms in total. The number of fused-ring (bicyclic) bond motifs is 3. The second-order valence-corrected chi connectivity index (χ2v) is 12.4. The van der Waals surface area contributed by atoms with E-state index in [9.17, 15) is 29.8 Å². The Kier molecular flexibility index (Phi) is 21.8. The van der Waals surface area contributed by atoms with E-state index in [4.69, 9.17) is 39.9 Å². The van der Waals surface area contributed by atoms with Crippen molar-refractivity contribution in [3.05, 3.63) is 118 Å². The third kappa shape index (κ3) is 14.5. The van der Waals surface area contributed by atoms with Crippen LogP contribution in [0.25, 0.3) is 0 Å². The molecule has 0 saturated heterocycles. The molecule has 0 aromatic carbocycles. The maximum absolute atomic E-state index is 12.8. The first-order valence-corrected chi connectivity index (χ1v) is 19.0. The van der Waals surface area contributed by atoms with Crippen molar-refractivity contribution in [3.63, 3.8) is 0 Å². The zero-order valence-corrected chi connectivity index (χ0v) is 35.5. The molecule has 0 radical (unpaired) electrons. The summed E-state index contributed by atoms with van der Waals surface area (Å²) in [6, 6.07) is 9.28. The number of rotatable bonds is 14. The molecular weight excluding hydrogens is 857 g/mol. The molecule has 5 rings (SSSR count). The van der Waals surface area contributed by atoms with E-state index in [1.165, 1.54) is 24.5 Å². The second-order valence-electron chi connectivity index (χ2n) is 12.4. The highest BCUT2D eigenvalue weighted by atomic mass is 32.1. The molecule has 0 saturated carbocycles. The van der Waals surface area contributed by atoms with Crippen LogP contribution in [0.3, 0.4) is 0 Å². The van der Waals surface area contributed by atoms with E-state index in [0.29, 0.717) is 35.7 Å². The van der Waals surface area contributed by atoms with Crippen LogP contribution in [0, 0.1) is 20.2 Å². The molecule has 4 aromatic rings. The number of pyridine rings is 4. The van der Waals surface area contributed by atoms with Gasteiger partial charge in [-0.3, -0.25) is 40.0 Å². The summed E-state index contributed by atoms with van der Waals surface area (Å²) in [4.78, 5) is 66.1. The third-order valence-corrected chi connectivity index (χ3v) is 8.15. The predicted molar refractivity (Wildman–Crippen MR) is 245 cm³/mol. The van der Waals surface area contributed by atoms with Gasteiger partial charge in [-0.2, -0.15) is 23.5 Å². The Bertz CT molecular complexity index is 2270. The van der Waals surface area contributed by atoms with E-state index in [2.05, 4.69) is 33.1 Å². The maximum Gasteiger partial charge on any atom is 0.414 e. The van der Waals surface area contributed by atoms with E-state index in [0.717, 1.165) is 9.80 Å². The topological polar surface area (TPSA) is 286 Å². The Morgan fingerprint density at radius 2 is 1.66 bits per heavy atom. The third-order valence-electron chi connectivity index (χ3n) is 8.15. The summed E-state index contributed by atoms with van der Waals surface area (Å²) < 4.78 is 32.6. The monoisotopic (exact) mass is 912 g/mol. The van der Waals surface area contributed by atoms with Crippen molar-refractivity contribution in [2.24, 2.45) is 0 Å². The lowest BCUT2D eigenvalue weighted by molar-refractivity contribution is -0.383. The summed E-state index contributed by atoms with van der Waals surface area (Å²) in [5, 5.41) is 23.5. The number of carbonyl (C=O) groups is 2. The van der Waals surface area contributed by atoms with Gasteiger partial charge >= 0.3 is 23.6 Å². The highest BCUT2D eigenvalue weighted by molar-refractivity contribution is 7.59. The molecule has 2 amide bonds. The fourth-order valence-corrected chi connectivity index (χ4v) is 5.47. The molecular formula is C41H54N10O12S. The Hall–Kier alpha value is -7.69. The van der Waals surface area contributed by atoms with E-state index < -0.39 is 39.2 Å². The van der Waals surface area contributed by atoms with Crippen molar-refractivity contribution in [2.45, 2.75) is 47.2 Å². The number of nitrogen functional groups attached to an aromatic ring is 2. The summed E-state index contributed by atoms with van der Waals surface area (Å²) >= 11 is 0. The van der Waals surface area contributed by atoms with E-state index in [1.807, 2.05) is 12.2 Å². The van der Waals surface area contributed by atoms with Crippen molar-refractivity contribution >= 4 is 60.1 Å². The van der Waals surface area contributed by atoms with Crippen LogP contribution in [0.2, 0.25) is 0 Å². The SMILES string of the molecule is C.C=CCCOc1cc(N(Cc2ncccc2OCC=C)C(=O)OCC)c([N+](=O)[O-])c(N)n1.CCOC(=O)N1Cc2ncccc2OC/C=C/CCOc2cc1c([N+](=O)[O-])c(N)n2.S.[3HH]. The summed E-state index contributed by atoms with van der Waals surface area (Å²) in [6.45, 7) is 11.2. The smallest absolute Gasteiger partial charge is 0.414 e.